The quantitative estimate of drug-likeness (QED) is 0.682. The molecule has 3 aromatic rings. The van der Waals surface area contributed by atoms with E-state index in [1.165, 1.54) is 0 Å². The summed E-state index contributed by atoms with van der Waals surface area (Å²) in [6.07, 6.45) is -2.47. The highest BCUT2D eigenvalue weighted by atomic mass is 19.4. The maximum atomic E-state index is 12.8. The summed E-state index contributed by atoms with van der Waals surface area (Å²) in [5.74, 6) is -0.468. The van der Waals surface area contributed by atoms with Gasteiger partial charge in [-0.25, -0.2) is 9.97 Å². The number of anilines is 1. The number of likely N-dealkylation sites (N-methyl/N-ethyl adjacent to an activating group) is 1. The number of halogens is 3. The van der Waals surface area contributed by atoms with Gasteiger partial charge in [0.05, 0.1) is 16.8 Å². The summed E-state index contributed by atoms with van der Waals surface area (Å²) in [5, 5.41) is 13.3. The maximum absolute atomic E-state index is 12.8. The Bertz CT molecular complexity index is 1050. The Labute approximate surface area is 164 Å². The molecule has 29 heavy (non-hydrogen) atoms. The van der Waals surface area contributed by atoms with Gasteiger partial charge in [0, 0.05) is 12.6 Å². The molecule has 7 nitrogen and oxygen atoms in total. The molecule has 1 saturated heterocycles. The highest BCUT2D eigenvalue weighted by Gasteiger charge is 2.31. The minimum absolute atomic E-state index is 0.0819. The molecule has 1 aliphatic rings. The molecule has 1 atom stereocenters. The van der Waals surface area contributed by atoms with Gasteiger partial charge in [-0.3, -0.25) is 0 Å². The van der Waals surface area contributed by atoms with Crippen LogP contribution in [0.3, 0.4) is 0 Å². The van der Waals surface area contributed by atoms with Crippen LogP contribution in [0, 0.1) is 6.92 Å². The summed E-state index contributed by atoms with van der Waals surface area (Å²) in [5.41, 5.74) is 0.298. The van der Waals surface area contributed by atoms with Gasteiger partial charge in [-0.2, -0.15) is 18.2 Å². The zero-order valence-corrected chi connectivity index (χ0v) is 15.9. The van der Waals surface area contributed by atoms with E-state index in [-0.39, 0.29) is 23.1 Å². The first-order valence-electron chi connectivity index (χ1n) is 9.21. The molecule has 0 spiro atoms. The lowest BCUT2D eigenvalue weighted by molar-refractivity contribution is -0.137. The molecule has 2 N–H and O–H groups in total. The van der Waals surface area contributed by atoms with Crippen molar-refractivity contribution in [2.24, 2.45) is 0 Å². The fourth-order valence-corrected chi connectivity index (χ4v) is 3.50. The van der Waals surface area contributed by atoms with Crippen molar-refractivity contribution < 1.29 is 22.7 Å². The second-order valence-electron chi connectivity index (χ2n) is 7.28. The summed E-state index contributed by atoms with van der Waals surface area (Å²) >= 11 is 0. The molecule has 0 bridgehead atoms. The lowest BCUT2D eigenvalue weighted by Crippen LogP contribution is -2.39. The van der Waals surface area contributed by atoms with Gasteiger partial charge in [-0.15, -0.1) is 0 Å². The van der Waals surface area contributed by atoms with Crippen molar-refractivity contribution in [2.75, 3.05) is 25.5 Å². The van der Waals surface area contributed by atoms with Crippen molar-refractivity contribution in [3.63, 3.8) is 0 Å². The first-order chi connectivity index (χ1) is 13.7. The van der Waals surface area contributed by atoms with Gasteiger partial charge in [-0.1, -0.05) is 0 Å². The van der Waals surface area contributed by atoms with E-state index in [0.717, 1.165) is 38.1 Å². The van der Waals surface area contributed by atoms with Crippen LogP contribution in [-0.2, 0) is 6.18 Å². The molecule has 0 aliphatic carbocycles. The van der Waals surface area contributed by atoms with Crippen molar-refractivity contribution in [3.8, 4) is 17.1 Å². The van der Waals surface area contributed by atoms with Crippen molar-refractivity contribution in [3.05, 3.63) is 29.5 Å². The molecular formula is C19H20F3N5O2. The number of aryl methyl sites for hydroxylation is 1. The van der Waals surface area contributed by atoms with Gasteiger partial charge >= 0.3 is 6.18 Å². The third-order valence-electron chi connectivity index (χ3n) is 4.94. The predicted molar refractivity (Wildman–Crippen MR) is 101 cm³/mol. The van der Waals surface area contributed by atoms with Crippen LogP contribution in [0.2, 0.25) is 0 Å². The third kappa shape index (κ3) is 3.98. The highest BCUT2D eigenvalue weighted by Crippen LogP contribution is 2.36. The minimum Gasteiger partial charge on any atom is -0.507 e. The number of oxazole rings is 1. The number of fused-ring (bicyclic) bond motifs is 1. The first-order valence-corrected chi connectivity index (χ1v) is 9.21. The molecule has 154 valence electrons. The Morgan fingerprint density at radius 1 is 1.24 bits per heavy atom. The number of phenolic OH excluding ortho intramolecular Hbond substituents is 1. The number of likely N-dealkylation sites (tertiary alicyclic amines) is 1. The summed E-state index contributed by atoms with van der Waals surface area (Å²) in [7, 11) is 2.05. The largest absolute Gasteiger partial charge is 0.507 e. The van der Waals surface area contributed by atoms with E-state index in [4.69, 9.17) is 4.42 Å². The van der Waals surface area contributed by atoms with Crippen LogP contribution in [-0.4, -0.2) is 51.1 Å². The number of rotatable bonds is 3. The van der Waals surface area contributed by atoms with E-state index in [9.17, 15) is 18.3 Å². The van der Waals surface area contributed by atoms with E-state index in [0.29, 0.717) is 23.4 Å². The summed E-state index contributed by atoms with van der Waals surface area (Å²) < 4.78 is 44.2. The van der Waals surface area contributed by atoms with Crippen molar-refractivity contribution in [2.45, 2.75) is 32.0 Å². The summed E-state index contributed by atoms with van der Waals surface area (Å²) in [6.45, 7) is 3.61. The standard InChI is InChI=1S/C19H20F3N5O2/c1-10-15-17(26-18(29-15)24-12-4-3-7-27(2)9-12)25-16(23-10)13-6-5-11(8-14(13)28)19(20,21)22/h5-6,8,12,28H,3-4,7,9H2,1-2H3,(H,23,24,25,26)/t12-/m1/s1. The van der Waals surface area contributed by atoms with E-state index in [1.54, 1.807) is 6.92 Å². The van der Waals surface area contributed by atoms with Gasteiger partial charge in [-0.05, 0) is 51.6 Å². The Hall–Kier alpha value is -2.88. The number of phenols is 1. The first kappa shape index (κ1) is 19.4. The molecule has 0 radical (unpaired) electrons. The van der Waals surface area contributed by atoms with Crippen LogP contribution in [0.15, 0.2) is 22.6 Å². The molecule has 4 rings (SSSR count). The van der Waals surface area contributed by atoms with Crippen LogP contribution in [0.25, 0.3) is 22.6 Å². The molecule has 0 amide bonds. The topological polar surface area (TPSA) is 87.3 Å². The lowest BCUT2D eigenvalue weighted by Gasteiger charge is -2.29. The monoisotopic (exact) mass is 407 g/mol. The number of hydrogen-bond donors (Lipinski definition) is 2. The highest BCUT2D eigenvalue weighted by molar-refractivity contribution is 5.76. The van der Waals surface area contributed by atoms with Crippen LogP contribution in [0.1, 0.15) is 24.1 Å². The molecule has 3 heterocycles. The fraction of sp³-hybridized carbons (Fsp3) is 0.421. The number of nitrogens with one attached hydrogen (secondary N) is 1. The molecule has 0 saturated carbocycles. The SMILES string of the molecule is Cc1nc(-c2ccc(C(F)(F)F)cc2O)nc2nc(N[C@@H]3CCCN(C)C3)oc12. The van der Waals surface area contributed by atoms with Crippen LogP contribution < -0.4 is 5.32 Å². The zero-order chi connectivity index (χ0) is 20.8. The van der Waals surface area contributed by atoms with Crippen molar-refractivity contribution in [1.82, 2.24) is 19.9 Å². The Kier molecular flexibility index (Phi) is 4.81. The predicted octanol–water partition coefficient (Wildman–Crippen LogP) is 3.82. The van der Waals surface area contributed by atoms with Crippen molar-refractivity contribution >= 4 is 17.2 Å². The summed E-state index contributed by atoms with van der Waals surface area (Å²) in [4.78, 5) is 15.1. The van der Waals surface area contributed by atoms with E-state index < -0.39 is 17.5 Å². The molecule has 1 aromatic carbocycles. The minimum atomic E-state index is -4.55. The third-order valence-corrected chi connectivity index (χ3v) is 4.94. The molecule has 0 unspecified atom stereocenters. The van der Waals surface area contributed by atoms with Crippen LogP contribution in [0.4, 0.5) is 19.2 Å². The Balaban J connectivity index is 1.65. The number of hydrogen-bond acceptors (Lipinski definition) is 7. The van der Waals surface area contributed by atoms with E-state index in [2.05, 4.69) is 32.2 Å². The number of piperidine rings is 1. The number of nitrogens with zero attached hydrogens (tertiary/aromatic N) is 4. The molecule has 1 fully saturated rings. The number of benzene rings is 1. The second kappa shape index (κ2) is 7.18. The maximum Gasteiger partial charge on any atom is 0.416 e. The average Bonchev–Trinajstić information content (AvgIpc) is 3.04. The van der Waals surface area contributed by atoms with Crippen LogP contribution in [0.5, 0.6) is 5.75 Å². The van der Waals surface area contributed by atoms with E-state index >= 15 is 0 Å². The Morgan fingerprint density at radius 3 is 2.72 bits per heavy atom. The molecule has 10 heteroatoms. The van der Waals surface area contributed by atoms with Gasteiger partial charge in [0.25, 0.3) is 6.01 Å². The number of alkyl halides is 3. The smallest absolute Gasteiger partial charge is 0.416 e. The molecular weight excluding hydrogens is 387 g/mol. The van der Waals surface area contributed by atoms with Gasteiger partial charge in [0.1, 0.15) is 5.75 Å². The average molecular weight is 407 g/mol. The zero-order valence-electron chi connectivity index (χ0n) is 15.9. The molecule has 2 aromatic heterocycles. The lowest BCUT2D eigenvalue weighted by atomic mass is 10.1. The molecule has 1 aliphatic heterocycles. The van der Waals surface area contributed by atoms with Gasteiger partial charge in [0.15, 0.2) is 11.4 Å². The number of aromatic hydroxyl groups is 1. The van der Waals surface area contributed by atoms with Crippen LogP contribution >= 0.6 is 0 Å². The normalized spacial score (nSPS) is 18.3. The van der Waals surface area contributed by atoms with E-state index in [1.807, 2.05) is 0 Å². The number of aromatic nitrogens is 3. The van der Waals surface area contributed by atoms with Gasteiger partial charge < -0.3 is 19.7 Å². The van der Waals surface area contributed by atoms with Gasteiger partial charge in [0.2, 0.25) is 5.65 Å². The summed E-state index contributed by atoms with van der Waals surface area (Å²) in [6, 6.07) is 3.22. The fourth-order valence-electron chi connectivity index (χ4n) is 3.50. The van der Waals surface area contributed by atoms with Crippen molar-refractivity contribution in [1.29, 1.82) is 0 Å². The Morgan fingerprint density at radius 2 is 2.03 bits per heavy atom. The second-order valence-corrected chi connectivity index (χ2v) is 7.28.